The lowest BCUT2D eigenvalue weighted by Crippen LogP contribution is -2.31. The van der Waals surface area contributed by atoms with Crippen LogP contribution in [0, 0.1) is 0 Å². The van der Waals surface area contributed by atoms with E-state index in [1.807, 2.05) is 0 Å². The van der Waals surface area contributed by atoms with Crippen molar-refractivity contribution in [3.8, 4) is 33.6 Å². The van der Waals surface area contributed by atoms with Crippen LogP contribution in [0.25, 0.3) is 78.5 Å². The van der Waals surface area contributed by atoms with Crippen LogP contribution < -0.4 is 10.6 Å². The van der Waals surface area contributed by atoms with Crippen molar-refractivity contribution in [1.82, 2.24) is 9.13 Å². The van der Waals surface area contributed by atoms with Crippen LogP contribution in [-0.2, 0) is 0 Å². The molecular formula is C48H34N2. The van der Waals surface area contributed by atoms with E-state index < -0.39 is 0 Å². The molecule has 0 saturated heterocycles. The van der Waals surface area contributed by atoms with Gasteiger partial charge in [0.15, 0.2) is 0 Å². The zero-order valence-electron chi connectivity index (χ0n) is 27.6. The topological polar surface area (TPSA) is 9.86 Å². The van der Waals surface area contributed by atoms with Gasteiger partial charge in [-0.05, 0) is 82.8 Å². The summed E-state index contributed by atoms with van der Waals surface area (Å²) in [6.07, 6.45) is 5.92. The maximum absolute atomic E-state index is 2.51. The lowest BCUT2D eigenvalue weighted by molar-refractivity contribution is 0.909. The van der Waals surface area contributed by atoms with Gasteiger partial charge in [0.2, 0.25) is 0 Å². The van der Waals surface area contributed by atoms with Crippen molar-refractivity contribution in [2.45, 2.75) is 12.3 Å². The Morgan fingerprint density at radius 3 is 1.62 bits per heavy atom. The minimum Gasteiger partial charge on any atom is -0.310 e. The fraction of sp³-hybridized carbons (Fsp3) is 0.0417. The molecule has 2 aromatic heterocycles. The summed E-state index contributed by atoms with van der Waals surface area (Å²) in [5, 5.41) is 6.47. The summed E-state index contributed by atoms with van der Waals surface area (Å²) < 4.78 is 4.87. The lowest BCUT2D eigenvalue weighted by atomic mass is 9.90. The third-order valence-electron chi connectivity index (χ3n) is 10.4. The van der Waals surface area contributed by atoms with E-state index in [-0.39, 0.29) is 5.92 Å². The van der Waals surface area contributed by atoms with Gasteiger partial charge in [-0.15, -0.1) is 0 Å². The maximum atomic E-state index is 2.51. The van der Waals surface area contributed by atoms with Crippen molar-refractivity contribution in [2.24, 2.45) is 0 Å². The van der Waals surface area contributed by atoms with Crippen molar-refractivity contribution < 1.29 is 0 Å². The van der Waals surface area contributed by atoms with Gasteiger partial charge in [-0.3, -0.25) is 0 Å². The molecule has 1 aliphatic rings. The van der Waals surface area contributed by atoms with E-state index >= 15 is 0 Å². The molecule has 1 unspecified atom stereocenters. The summed E-state index contributed by atoms with van der Waals surface area (Å²) in [4.78, 5) is 0. The van der Waals surface area contributed by atoms with Gasteiger partial charge < -0.3 is 9.13 Å². The standard InChI is InChI=1S/C48H34N2/c1-3-13-33(14-4-1)35-17-11-19-39(29-35)49-45-23-9-7-21-41(45)43-31-37(25-27-47(43)49)38-26-28-48-44(32-38)42-22-8-10-24-46(42)50(48)40-20-12-18-36(30-40)34-15-5-2-6-16-34/h1-25,27-32,38H,26H2. The molecule has 2 heteroatoms. The summed E-state index contributed by atoms with van der Waals surface area (Å²) in [5.74, 6) is 0.283. The number of nitrogens with zero attached hydrogens (tertiary/aromatic N) is 2. The summed E-state index contributed by atoms with van der Waals surface area (Å²) in [5.41, 5.74) is 12.3. The van der Waals surface area contributed by atoms with Crippen molar-refractivity contribution in [3.05, 3.63) is 192 Å². The van der Waals surface area contributed by atoms with E-state index in [4.69, 9.17) is 0 Å². The monoisotopic (exact) mass is 638 g/mol. The second kappa shape index (κ2) is 11.6. The Morgan fingerprint density at radius 1 is 0.400 bits per heavy atom. The quantitative estimate of drug-likeness (QED) is 0.178. The van der Waals surface area contributed by atoms with Crippen molar-refractivity contribution in [1.29, 1.82) is 0 Å². The highest BCUT2D eigenvalue weighted by Gasteiger charge is 2.19. The van der Waals surface area contributed by atoms with Crippen LogP contribution in [0.2, 0.25) is 0 Å². The first kappa shape index (κ1) is 28.6. The number of benzene rings is 7. The Labute approximate surface area is 291 Å². The average molecular weight is 639 g/mol. The Balaban J connectivity index is 1.10. The van der Waals surface area contributed by atoms with E-state index in [9.17, 15) is 0 Å². The third kappa shape index (κ3) is 4.64. The Kier molecular flexibility index (Phi) is 6.67. The number of rotatable bonds is 5. The van der Waals surface area contributed by atoms with Gasteiger partial charge in [0.1, 0.15) is 0 Å². The zero-order chi connectivity index (χ0) is 33.0. The number of para-hydroxylation sites is 2. The highest BCUT2D eigenvalue weighted by atomic mass is 15.0. The van der Waals surface area contributed by atoms with E-state index in [1.54, 1.807) is 0 Å². The molecule has 0 radical (unpaired) electrons. The third-order valence-corrected chi connectivity index (χ3v) is 10.4. The zero-order valence-corrected chi connectivity index (χ0v) is 27.6. The first-order valence-corrected chi connectivity index (χ1v) is 17.5. The van der Waals surface area contributed by atoms with Crippen LogP contribution in [0.15, 0.2) is 176 Å². The fourth-order valence-electron chi connectivity index (χ4n) is 8.09. The lowest BCUT2D eigenvalue weighted by Gasteiger charge is -2.16. The van der Waals surface area contributed by atoms with Gasteiger partial charge in [-0.1, -0.05) is 140 Å². The van der Waals surface area contributed by atoms with Crippen LogP contribution in [0.3, 0.4) is 0 Å². The molecule has 0 spiro atoms. The molecule has 9 aromatic rings. The summed E-state index contributed by atoms with van der Waals surface area (Å²) in [6, 6.07) is 64.0. The maximum Gasteiger partial charge on any atom is 0.0541 e. The number of hydrogen-bond acceptors (Lipinski definition) is 0. The van der Waals surface area contributed by atoms with Crippen molar-refractivity contribution >= 4 is 44.9 Å². The van der Waals surface area contributed by atoms with Gasteiger partial charge in [-0.2, -0.15) is 0 Å². The summed E-state index contributed by atoms with van der Waals surface area (Å²) in [6.45, 7) is 0. The molecule has 0 N–H and O–H groups in total. The molecule has 0 amide bonds. The van der Waals surface area contributed by atoms with Crippen molar-refractivity contribution in [2.75, 3.05) is 0 Å². The minimum absolute atomic E-state index is 0.283. The highest BCUT2D eigenvalue weighted by molar-refractivity contribution is 6.09. The smallest absolute Gasteiger partial charge is 0.0541 e. The van der Waals surface area contributed by atoms with Gasteiger partial charge in [0.05, 0.1) is 16.6 Å². The SMILES string of the molecule is C1=c2c(n(-c3cccc(-c4ccccc4)c3)c3ccccc23)=CCC1c1ccc2c(c1)c1ccccc1n2-c1cccc(-c2ccccc2)c1. The predicted octanol–water partition coefficient (Wildman–Crippen LogP) is 10.8. The van der Waals surface area contributed by atoms with Crippen LogP contribution in [0.1, 0.15) is 17.9 Å². The second-order valence-electron chi connectivity index (χ2n) is 13.3. The number of fused-ring (bicyclic) bond motifs is 6. The van der Waals surface area contributed by atoms with E-state index in [0.29, 0.717) is 0 Å². The van der Waals surface area contributed by atoms with Gasteiger partial charge in [-0.25, -0.2) is 0 Å². The van der Waals surface area contributed by atoms with Crippen LogP contribution >= 0.6 is 0 Å². The molecule has 7 aromatic carbocycles. The largest absolute Gasteiger partial charge is 0.310 e. The minimum atomic E-state index is 0.283. The van der Waals surface area contributed by atoms with Crippen LogP contribution in [0.5, 0.6) is 0 Å². The summed E-state index contributed by atoms with van der Waals surface area (Å²) in [7, 11) is 0. The molecular weight excluding hydrogens is 605 g/mol. The van der Waals surface area contributed by atoms with Gasteiger partial charge >= 0.3 is 0 Å². The van der Waals surface area contributed by atoms with Gasteiger partial charge in [0, 0.05) is 44.0 Å². The molecule has 2 nitrogen and oxygen atoms in total. The van der Waals surface area contributed by atoms with E-state index in [1.165, 1.54) is 82.5 Å². The Bertz CT molecular complexity index is 2840. The molecule has 0 aliphatic heterocycles. The Hall–Kier alpha value is -6.38. The molecule has 1 atom stereocenters. The normalized spacial score (nSPS) is 14.0. The van der Waals surface area contributed by atoms with Crippen LogP contribution in [0.4, 0.5) is 0 Å². The average Bonchev–Trinajstić information content (AvgIpc) is 3.71. The highest BCUT2D eigenvalue weighted by Crippen LogP contribution is 2.36. The molecule has 2 heterocycles. The predicted molar refractivity (Wildman–Crippen MR) is 210 cm³/mol. The van der Waals surface area contributed by atoms with Gasteiger partial charge in [0.25, 0.3) is 0 Å². The van der Waals surface area contributed by atoms with E-state index in [2.05, 4.69) is 197 Å². The summed E-state index contributed by atoms with van der Waals surface area (Å²) >= 11 is 0. The molecule has 0 bridgehead atoms. The molecule has 10 rings (SSSR count). The molecule has 1 aliphatic carbocycles. The van der Waals surface area contributed by atoms with Crippen molar-refractivity contribution in [3.63, 3.8) is 0 Å². The first-order valence-electron chi connectivity index (χ1n) is 17.5. The molecule has 0 saturated carbocycles. The first-order chi connectivity index (χ1) is 24.8. The Morgan fingerprint density at radius 2 is 0.940 bits per heavy atom. The van der Waals surface area contributed by atoms with E-state index in [0.717, 1.165) is 6.42 Å². The molecule has 0 fully saturated rings. The number of hydrogen-bond donors (Lipinski definition) is 0. The number of aromatic nitrogens is 2. The van der Waals surface area contributed by atoms with Crippen LogP contribution in [-0.4, -0.2) is 9.13 Å². The molecule has 236 valence electrons. The molecule has 50 heavy (non-hydrogen) atoms. The fourth-order valence-corrected chi connectivity index (χ4v) is 8.09. The second-order valence-corrected chi connectivity index (χ2v) is 13.3.